The van der Waals surface area contributed by atoms with Crippen molar-refractivity contribution in [1.29, 1.82) is 0 Å². The highest BCUT2D eigenvalue weighted by atomic mass is 16.3. The van der Waals surface area contributed by atoms with Crippen molar-refractivity contribution in [3.63, 3.8) is 0 Å². The highest BCUT2D eigenvalue weighted by Gasteiger charge is 2.38. The lowest BCUT2D eigenvalue weighted by molar-refractivity contribution is -0.136. The number of carbonyl (C=O) groups is 2. The van der Waals surface area contributed by atoms with Gasteiger partial charge < -0.3 is 14.9 Å². The molecule has 1 atom stereocenters. The average molecular weight is 330 g/mol. The lowest BCUT2D eigenvalue weighted by Crippen LogP contribution is -2.40. The molecule has 1 saturated heterocycles. The molecule has 2 fully saturated rings. The minimum atomic E-state index is -0.298. The first-order valence-corrected chi connectivity index (χ1v) is 8.91. The molecule has 0 spiro atoms. The van der Waals surface area contributed by atoms with Crippen molar-refractivity contribution < 1.29 is 14.7 Å². The van der Waals surface area contributed by atoms with Crippen molar-refractivity contribution in [2.24, 2.45) is 11.8 Å². The molecule has 5 nitrogen and oxygen atoms in total. The molecule has 0 bridgehead atoms. The Labute approximate surface area is 143 Å². The van der Waals surface area contributed by atoms with Crippen molar-refractivity contribution in [2.75, 3.05) is 31.1 Å². The first kappa shape index (κ1) is 17.0. The molecule has 5 heteroatoms. The van der Waals surface area contributed by atoms with E-state index in [9.17, 15) is 14.7 Å². The maximum atomic E-state index is 12.8. The van der Waals surface area contributed by atoms with Crippen molar-refractivity contribution in [3.05, 3.63) is 29.8 Å². The van der Waals surface area contributed by atoms with Crippen molar-refractivity contribution in [1.82, 2.24) is 4.90 Å². The fourth-order valence-corrected chi connectivity index (χ4v) is 3.32. The number of aliphatic hydroxyl groups excluding tert-OH is 1. The fourth-order valence-electron chi connectivity index (χ4n) is 3.32. The summed E-state index contributed by atoms with van der Waals surface area (Å²) in [5, 5.41) is 9.22. The second-order valence-corrected chi connectivity index (χ2v) is 6.88. The molecule has 1 aliphatic carbocycles. The quantitative estimate of drug-likeness (QED) is 0.830. The Hall–Kier alpha value is -1.88. The van der Waals surface area contributed by atoms with Crippen LogP contribution in [0.2, 0.25) is 0 Å². The van der Waals surface area contributed by atoms with Crippen LogP contribution in [0, 0.1) is 11.8 Å². The maximum absolute atomic E-state index is 12.8. The van der Waals surface area contributed by atoms with Crippen LogP contribution in [0.4, 0.5) is 5.69 Å². The van der Waals surface area contributed by atoms with E-state index in [1.165, 1.54) is 5.56 Å². The molecular weight excluding hydrogens is 304 g/mol. The van der Waals surface area contributed by atoms with E-state index in [2.05, 4.69) is 6.92 Å². The van der Waals surface area contributed by atoms with Gasteiger partial charge in [0.25, 0.3) is 0 Å². The predicted molar refractivity (Wildman–Crippen MR) is 92.7 cm³/mol. The Kier molecular flexibility index (Phi) is 5.19. The summed E-state index contributed by atoms with van der Waals surface area (Å²) >= 11 is 0. The van der Waals surface area contributed by atoms with Gasteiger partial charge in [0.15, 0.2) is 0 Å². The van der Waals surface area contributed by atoms with Crippen LogP contribution < -0.4 is 4.90 Å². The largest absolute Gasteiger partial charge is 0.395 e. The van der Waals surface area contributed by atoms with E-state index in [1.807, 2.05) is 24.3 Å². The summed E-state index contributed by atoms with van der Waals surface area (Å²) in [4.78, 5) is 28.6. The SMILES string of the molecule is CCc1ccc(N2CC(C(=O)N(CCO)CC3CC3)CC2=O)cc1. The Morgan fingerprint density at radius 2 is 2.00 bits per heavy atom. The number of benzene rings is 1. The third-order valence-corrected chi connectivity index (χ3v) is 4.99. The van der Waals surface area contributed by atoms with E-state index in [-0.39, 0.29) is 30.8 Å². The zero-order valence-corrected chi connectivity index (χ0v) is 14.3. The lowest BCUT2D eigenvalue weighted by Gasteiger charge is -2.25. The van der Waals surface area contributed by atoms with E-state index >= 15 is 0 Å². The summed E-state index contributed by atoms with van der Waals surface area (Å²) in [5.74, 6) is 0.300. The normalized spacial score (nSPS) is 20.5. The molecule has 3 rings (SSSR count). The minimum Gasteiger partial charge on any atom is -0.395 e. The first-order valence-electron chi connectivity index (χ1n) is 8.91. The van der Waals surface area contributed by atoms with E-state index in [4.69, 9.17) is 0 Å². The monoisotopic (exact) mass is 330 g/mol. The molecule has 1 aliphatic heterocycles. The number of rotatable bonds is 7. The van der Waals surface area contributed by atoms with Gasteiger partial charge in [-0.1, -0.05) is 19.1 Å². The summed E-state index contributed by atoms with van der Waals surface area (Å²) in [7, 11) is 0. The number of anilines is 1. The highest BCUT2D eigenvalue weighted by Crippen LogP contribution is 2.31. The van der Waals surface area contributed by atoms with Crippen LogP contribution in [0.25, 0.3) is 0 Å². The Morgan fingerprint density at radius 1 is 1.29 bits per heavy atom. The van der Waals surface area contributed by atoms with Gasteiger partial charge in [-0.2, -0.15) is 0 Å². The first-order chi connectivity index (χ1) is 11.6. The number of aryl methyl sites for hydroxylation is 1. The van der Waals surface area contributed by atoms with Gasteiger partial charge in [0.1, 0.15) is 0 Å². The van der Waals surface area contributed by atoms with Gasteiger partial charge in [-0.25, -0.2) is 0 Å². The van der Waals surface area contributed by atoms with Crippen LogP contribution in [-0.4, -0.2) is 48.1 Å². The standard InChI is InChI=1S/C19H26N2O3/c1-2-14-5-7-17(8-6-14)21-13-16(11-18(21)23)19(24)20(9-10-22)12-15-3-4-15/h5-8,15-16,22H,2-4,9-13H2,1H3. The van der Waals surface area contributed by atoms with Crippen molar-refractivity contribution in [3.8, 4) is 0 Å². The van der Waals surface area contributed by atoms with Gasteiger partial charge in [-0.05, 0) is 42.9 Å². The Morgan fingerprint density at radius 3 is 2.58 bits per heavy atom. The number of aliphatic hydroxyl groups is 1. The number of hydrogen-bond acceptors (Lipinski definition) is 3. The second kappa shape index (κ2) is 7.34. The molecule has 1 aromatic carbocycles. The van der Waals surface area contributed by atoms with Gasteiger partial charge in [0.2, 0.25) is 11.8 Å². The molecule has 2 amide bonds. The van der Waals surface area contributed by atoms with Gasteiger partial charge in [0, 0.05) is 31.7 Å². The second-order valence-electron chi connectivity index (χ2n) is 6.88. The van der Waals surface area contributed by atoms with Crippen LogP contribution in [0.1, 0.15) is 31.7 Å². The van der Waals surface area contributed by atoms with Crippen LogP contribution >= 0.6 is 0 Å². The Balaban J connectivity index is 1.66. The fraction of sp³-hybridized carbons (Fsp3) is 0.579. The molecule has 1 unspecified atom stereocenters. The van der Waals surface area contributed by atoms with Crippen molar-refractivity contribution >= 4 is 17.5 Å². The van der Waals surface area contributed by atoms with Gasteiger partial charge >= 0.3 is 0 Å². The van der Waals surface area contributed by atoms with Gasteiger partial charge in [0.05, 0.1) is 12.5 Å². The van der Waals surface area contributed by atoms with E-state index < -0.39 is 0 Å². The number of nitrogens with zero attached hydrogens (tertiary/aromatic N) is 2. The van der Waals surface area contributed by atoms with Gasteiger partial charge in [-0.3, -0.25) is 9.59 Å². The molecule has 1 aromatic rings. The minimum absolute atomic E-state index is 0.00738. The topological polar surface area (TPSA) is 60.9 Å². The van der Waals surface area contributed by atoms with Crippen LogP contribution in [0.3, 0.4) is 0 Å². The number of hydrogen-bond donors (Lipinski definition) is 1. The zero-order chi connectivity index (χ0) is 17.1. The van der Waals surface area contributed by atoms with Crippen LogP contribution in [0.15, 0.2) is 24.3 Å². The molecular formula is C19H26N2O3. The lowest BCUT2D eigenvalue weighted by atomic mass is 10.1. The highest BCUT2D eigenvalue weighted by molar-refractivity contribution is 6.00. The molecule has 0 aromatic heterocycles. The van der Waals surface area contributed by atoms with E-state index in [0.29, 0.717) is 19.0 Å². The van der Waals surface area contributed by atoms with Gasteiger partial charge in [-0.15, -0.1) is 0 Å². The summed E-state index contributed by atoms with van der Waals surface area (Å²) in [6.45, 7) is 3.60. The third kappa shape index (κ3) is 3.78. The smallest absolute Gasteiger partial charge is 0.228 e. The van der Waals surface area contributed by atoms with Crippen LogP contribution in [0.5, 0.6) is 0 Å². The number of carbonyl (C=O) groups excluding carboxylic acids is 2. The van der Waals surface area contributed by atoms with Crippen LogP contribution in [-0.2, 0) is 16.0 Å². The summed E-state index contributed by atoms with van der Waals surface area (Å²) < 4.78 is 0. The molecule has 1 heterocycles. The van der Waals surface area contributed by atoms with Crippen molar-refractivity contribution in [2.45, 2.75) is 32.6 Å². The predicted octanol–water partition coefficient (Wildman–Crippen LogP) is 1.83. The molecule has 0 radical (unpaired) electrons. The average Bonchev–Trinajstić information content (AvgIpc) is 3.33. The molecule has 2 aliphatic rings. The summed E-state index contributed by atoms with van der Waals surface area (Å²) in [5.41, 5.74) is 2.10. The maximum Gasteiger partial charge on any atom is 0.228 e. The third-order valence-electron chi connectivity index (χ3n) is 4.99. The van der Waals surface area contributed by atoms with E-state index in [0.717, 1.165) is 31.5 Å². The molecule has 130 valence electrons. The Bertz CT molecular complexity index is 595. The molecule has 1 saturated carbocycles. The zero-order valence-electron chi connectivity index (χ0n) is 14.3. The number of amides is 2. The summed E-state index contributed by atoms with van der Waals surface area (Å²) in [6, 6.07) is 7.98. The molecule has 1 N–H and O–H groups in total. The summed E-state index contributed by atoms with van der Waals surface area (Å²) in [6.07, 6.45) is 3.55. The molecule has 24 heavy (non-hydrogen) atoms. The van der Waals surface area contributed by atoms with E-state index in [1.54, 1.807) is 9.80 Å².